The zero-order valence-electron chi connectivity index (χ0n) is 10.3. The summed E-state index contributed by atoms with van der Waals surface area (Å²) in [6, 6.07) is 5.22. The molecular formula is C11H16N6O. The van der Waals surface area contributed by atoms with Crippen molar-refractivity contribution in [3.63, 3.8) is 0 Å². The molecule has 1 rings (SSSR count). The van der Waals surface area contributed by atoms with E-state index in [2.05, 4.69) is 15.3 Å². The highest BCUT2D eigenvalue weighted by atomic mass is 16.1. The molecule has 0 heterocycles. The largest absolute Gasteiger partial charge is 0.370 e. The van der Waals surface area contributed by atoms with Gasteiger partial charge in [0.05, 0.1) is 11.3 Å². The van der Waals surface area contributed by atoms with E-state index in [4.69, 9.17) is 17.2 Å². The van der Waals surface area contributed by atoms with Gasteiger partial charge in [0.2, 0.25) is 5.96 Å². The van der Waals surface area contributed by atoms with Gasteiger partial charge in [-0.1, -0.05) is 12.1 Å². The van der Waals surface area contributed by atoms with Crippen LogP contribution in [0.25, 0.3) is 0 Å². The van der Waals surface area contributed by atoms with E-state index in [0.717, 1.165) is 5.56 Å². The summed E-state index contributed by atoms with van der Waals surface area (Å²) >= 11 is 0. The number of carbonyl (C=O) groups is 1. The SMILES string of the molecule is CNC(=O)c1cccc(C)c1N=C(N)N=C(N)N. The fourth-order valence-corrected chi connectivity index (χ4v) is 1.40. The van der Waals surface area contributed by atoms with Crippen molar-refractivity contribution < 1.29 is 4.79 Å². The molecule has 0 unspecified atom stereocenters. The molecule has 96 valence electrons. The maximum absolute atomic E-state index is 11.7. The zero-order valence-corrected chi connectivity index (χ0v) is 10.3. The lowest BCUT2D eigenvalue weighted by Gasteiger charge is -2.07. The van der Waals surface area contributed by atoms with E-state index in [1.165, 1.54) is 7.05 Å². The van der Waals surface area contributed by atoms with E-state index in [1.807, 2.05) is 13.0 Å². The maximum Gasteiger partial charge on any atom is 0.253 e. The first kappa shape index (κ1) is 13.5. The third-order valence-electron chi connectivity index (χ3n) is 2.18. The normalized spacial score (nSPS) is 10.9. The molecule has 1 aromatic carbocycles. The fraction of sp³-hybridized carbons (Fsp3) is 0.182. The number of guanidine groups is 2. The number of para-hydroxylation sites is 1. The number of aliphatic imine (C=N–C) groups is 2. The van der Waals surface area contributed by atoms with Crippen molar-refractivity contribution >= 4 is 23.5 Å². The molecule has 7 N–H and O–H groups in total. The maximum atomic E-state index is 11.7. The topological polar surface area (TPSA) is 132 Å². The first-order valence-electron chi connectivity index (χ1n) is 5.21. The van der Waals surface area contributed by atoms with Crippen LogP contribution in [0.4, 0.5) is 5.69 Å². The second-order valence-corrected chi connectivity index (χ2v) is 3.56. The molecule has 0 spiro atoms. The van der Waals surface area contributed by atoms with Crippen LogP contribution in [0, 0.1) is 6.92 Å². The summed E-state index contributed by atoms with van der Waals surface area (Å²) in [6.07, 6.45) is 0. The van der Waals surface area contributed by atoms with Crippen molar-refractivity contribution in [1.29, 1.82) is 0 Å². The molecule has 0 aliphatic heterocycles. The Balaban J connectivity index is 3.31. The van der Waals surface area contributed by atoms with Crippen LogP contribution in [0.1, 0.15) is 15.9 Å². The molecule has 0 aliphatic rings. The van der Waals surface area contributed by atoms with Gasteiger partial charge in [-0.05, 0) is 18.6 Å². The average molecular weight is 248 g/mol. The van der Waals surface area contributed by atoms with Crippen molar-refractivity contribution in [3.8, 4) is 0 Å². The second kappa shape index (κ2) is 5.67. The molecule has 0 radical (unpaired) electrons. The van der Waals surface area contributed by atoms with Gasteiger partial charge in [-0.3, -0.25) is 4.79 Å². The van der Waals surface area contributed by atoms with Crippen molar-refractivity contribution in [2.75, 3.05) is 7.05 Å². The molecule has 7 heteroatoms. The van der Waals surface area contributed by atoms with Gasteiger partial charge in [0.15, 0.2) is 5.96 Å². The van der Waals surface area contributed by atoms with Gasteiger partial charge >= 0.3 is 0 Å². The number of amides is 1. The number of nitrogens with one attached hydrogen (secondary N) is 1. The number of aryl methyl sites for hydroxylation is 1. The van der Waals surface area contributed by atoms with Crippen LogP contribution in [0.3, 0.4) is 0 Å². The Kier molecular flexibility index (Phi) is 4.25. The lowest BCUT2D eigenvalue weighted by molar-refractivity contribution is 0.0963. The van der Waals surface area contributed by atoms with Gasteiger partial charge in [-0.15, -0.1) is 0 Å². The number of hydrogen-bond donors (Lipinski definition) is 4. The number of rotatable bonds is 2. The van der Waals surface area contributed by atoms with Crippen LogP contribution < -0.4 is 22.5 Å². The summed E-state index contributed by atoms with van der Waals surface area (Å²) in [4.78, 5) is 19.3. The number of hydrogen-bond acceptors (Lipinski definition) is 2. The summed E-state index contributed by atoms with van der Waals surface area (Å²) in [7, 11) is 1.54. The molecule has 0 saturated heterocycles. The highest BCUT2D eigenvalue weighted by molar-refractivity contribution is 6.01. The Morgan fingerprint density at radius 3 is 2.50 bits per heavy atom. The Bertz CT molecular complexity index is 516. The Morgan fingerprint density at radius 2 is 1.94 bits per heavy atom. The minimum atomic E-state index is -0.255. The van der Waals surface area contributed by atoms with Crippen LogP contribution in [-0.2, 0) is 0 Å². The van der Waals surface area contributed by atoms with Crippen molar-refractivity contribution in [2.45, 2.75) is 6.92 Å². The first-order chi connectivity index (χ1) is 8.45. The molecule has 18 heavy (non-hydrogen) atoms. The van der Waals surface area contributed by atoms with Gasteiger partial charge in [-0.25, -0.2) is 4.99 Å². The molecule has 0 aliphatic carbocycles. The molecular weight excluding hydrogens is 232 g/mol. The van der Waals surface area contributed by atoms with Crippen LogP contribution in [0.2, 0.25) is 0 Å². The molecule has 1 amide bonds. The van der Waals surface area contributed by atoms with E-state index >= 15 is 0 Å². The molecule has 0 bridgehead atoms. The number of carbonyl (C=O) groups excluding carboxylic acids is 1. The lowest BCUT2D eigenvalue weighted by Crippen LogP contribution is -2.26. The fourth-order valence-electron chi connectivity index (χ4n) is 1.40. The lowest BCUT2D eigenvalue weighted by atomic mass is 10.1. The van der Waals surface area contributed by atoms with Crippen molar-refractivity contribution in [3.05, 3.63) is 29.3 Å². The van der Waals surface area contributed by atoms with Crippen molar-refractivity contribution in [2.24, 2.45) is 27.2 Å². The van der Waals surface area contributed by atoms with Crippen LogP contribution >= 0.6 is 0 Å². The highest BCUT2D eigenvalue weighted by Gasteiger charge is 2.11. The summed E-state index contributed by atoms with van der Waals surface area (Å²) < 4.78 is 0. The van der Waals surface area contributed by atoms with E-state index in [9.17, 15) is 4.79 Å². The average Bonchev–Trinajstić information content (AvgIpc) is 2.29. The third-order valence-corrected chi connectivity index (χ3v) is 2.18. The van der Waals surface area contributed by atoms with E-state index in [0.29, 0.717) is 11.3 Å². The van der Waals surface area contributed by atoms with E-state index in [-0.39, 0.29) is 17.8 Å². The second-order valence-electron chi connectivity index (χ2n) is 3.56. The molecule has 7 nitrogen and oxygen atoms in total. The van der Waals surface area contributed by atoms with Gasteiger partial charge < -0.3 is 22.5 Å². The minimum Gasteiger partial charge on any atom is -0.370 e. The summed E-state index contributed by atoms with van der Waals surface area (Å²) in [5.74, 6) is -0.546. The number of benzene rings is 1. The molecule has 1 aromatic rings. The van der Waals surface area contributed by atoms with Gasteiger partial charge in [0.25, 0.3) is 5.91 Å². The Labute approximate surface area is 105 Å². The third kappa shape index (κ3) is 3.21. The molecule has 0 saturated carbocycles. The number of nitrogens with two attached hydrogens (primary N) is 3. The minimum absolute atomic E-state index is 0.102. The predicted molar refractivity (Wildman–Crippen MR) is 71.7 cm³/mol. The van der Waals surface area contributed by atoms with Crippen LogP contribution in [-0.4, -0.2) is 24.9 Å². The van der Waals surface area contributed by atoms with Gasteiger partial charge in [0.1, 0.15) is 0 Å². The van der Waals surface area contributed by atoms with Crippen molar-refractivity contribution in [1.82, 2.24) is 5.32 Å². The standard InChI is InChI=1S/C11H16N6O/c1-6-4-3-5-7(9(18)15-2)8(6)16-11(14)17-10(12)13/h3-5H,1-2H3,(H,15,18)(H6,12,13,14,16,17). The molecule has 0 atom stereocenters. The van der Waals surface area contributed by atoms with E-state index in [1.54, 1.807) is 12.1 Å². The smallest absolute Gasteiger partial charge is 0.253 e. The highest BCUT2D eigenvalue weighted by Crippen LogP contribution is 2.23. The zero-order chi connectivity index (χ0) is 13.7. The Hall–Kier alpha value is -2.57. The summed E-state index contributed by atoms with van der Waals surface area (Å²) in [6.45, 7) is 1.81. The molecule has 0 fully saturated rings. The summed E-state index contributed by atoms with van der Waals surface area (Å²) in [5.41, 5.74) is 17.6. The van der Waals surface area contributed by atoms with E-state index < -0.39 is 0 Å². The number of nitrogens with zero attached hydrogens (tertiary/aromatic N) is 2. The van der Waals surface area contributed by atoms with Crippen LogP contribution in [0.5, 0.6) is 0 Å². The van der Waals surface area contributed by atoms with Crippen LogP contribution in [0.15, 0.2) is 28.2 Å². The Morgan fingerprint density at radius 1 is 1.28 bits per heavy atom. The van der Waals surface area contributed by atoms with Gasteiger partial charge in [-0.2, -0.15) is 4.99 Å². The monoisotopic (exact) mass is 248 g/mol. The van der Waals surface area contributed by atoms with Gasteiger partial charge in [0, 0.05) is 7.05 Å². The predicted octanol–water partition coefficient (Wildman–Crippen LogP) is -0.426. The molecule has 0 aromatic heterocycles. The quantitative estimate of drug-likeness (QED) is 0.417. The summed E-state index contributed by atoms with van der Waals surface area (Å²) in [5, 5.41) is 2.53. The first-order valence-corrected chi connectivity index (χ1v) is 5.21.